The summed E-state index contributed by atoms with van der Waals surface area (Å²) in [5.41, 5.74) is 0.464. The van der Waals surface area contributed by atoms with E-state index in [1.54, 1.807) is 22.8 Å². The van der Waals surface area contributed by atoms with Gasteiger partial charge in [-0.3, -0.25) is 14.3 Å². The maximum absolute atomic E-state index is 11.8. The maximum atomic E-state index is 11.8. The van der Waals surface area contributed by atoms with E-state index >= 15 is 0 Å². The van der Waals surface area contributed by atoms with Crippen molar-refractivity contribution in [2.75, 3.05) is 32.7 Å². The quantitative estimate of drug-likeness (QED) is 0.691. The lowest BCUT2D eigenvalue weighted by Crippen LogP contribution is -2.49. The van der Waals surface area contributed by atoms with E-state index in [0.717, 1.165) is 13.1 Å². The Morgan fingerprint density at radius 1 is 1.44 bits per heavy atom. The lowest BCUT2D eigenvalue weighted by atomic mass is 10.3. The summed E-state index contributed by atoms with van der Waals surface area (Å²) in [5.74, 6) is -0.319. The van der Waals surface area contributed by atoms with Crippen LogP contribution in [-0.2, 0) is 11.8 Å². The van der Waals surface area contributed by atoms with Crippen molar-refractivity contribution in [1.82, 2.24) is 25.3 Å². The molecule has 0 atom stereocenters. The predicted molar refractivity (Wildman–Crippen MR) is 65.0 cm³/mol. The number of aryl methyl sites for hydroxylation is 1. The van der Waals surface area contributed by atoms with E-state index in [0.29, 0.717) is 18.7 Å². The van der Waals surface area contributed by atoms with E-state index in [-0.39, 0.29) is 18.4 Å². The highest BCUT2D eigenvalue weighted by Crippen LogP contribution is 1.96. The predicted octanol–water partition coefficient (Wildman–Crippen LogP) is -1.42. The first-order chi connectivity index (χ1) is 8.66. The van der Waals surface area contributed by atoms with E-state index in [9.17, 15) is 9.59 Å². The monoisotopic (exact) mass is 251 g/mol. The van der Waals surface area contributed by atoms with Gasteiger partial charge in [0.2, 0.25) is 5.91 Å². The van der Waals surface area contributed by atoms with Gasteiger partial charge in [0.25, 0.3) is 5.91 Å². The van der Waals surface area contributed by atoms with Crippen molar-refractivity contribution < 1.29 is 9.59 Å². The lowest BCUT2D eigenvalue weighted by molar-refractivity contribution is -0.130. The third-order valence-electron chi connectivity index (χ3n) is 2.84. The normalized spacial score (nSPS) is 15.5. The number of rotatable bonds is 3. The molecule has 2 N–H and O–H groups in total. The molecule has 7 heteroatoms. The molecule has 0 radical (unpaired) electrons. The Kier molecular flexibility index (Phi) is 3.93. The Morgan fingerprint density at radius 3 is 2.78 bits per heavy atom. The van der Waals surface area contributed by atoms with Crippen LogP contribution in [0.1, 0.15) is 10.4 Å². The Morgan fingerprint density at radius 2 is 2.17 bits per heavy atom. The molecule has 0 aliphatic carbocycles. The molecular weight excluding hydrogens is 234 g/mol. The number of amides is 2. The lowest BCUT2D eigenvalue weighted by Gasteiger charge is -2.27. The fourth-order valence-corrected chi connectivity index (χ4v) is 1.82. The number of carbonyl (C=O) groups is 2. The van der Waals surface area contributed by atoms with Crippen molar-refractivity contribution in [3.63, 3.8) is 0 Å². The minimum Gasteiger partial charge on any atom is -0.343 e. The highest BCUT2D eigenvalue weighted by molar-refractivity contribution is 5.96. The molecule has 1 aliphatic rings. The topological polar surface area (TPSA) is 79.3 Å². The molecule has 18 heavy (non-hydrogen) atoms. The summed E-state index contributed by atoms with van der Waals surface area (Å²) in [4.78, 5) is 25.2. The number of nitrogens with one attached hydrogen (secondary N) is 2. The van der Waals surface area contributed by atoms with Gasteiger partial charge in [-0.05, 0) is 0 Å². The van der Waals surface area contributed by atoms with Gasteiger partial charge in [-0.15, -0.1) is 0 Å². The van der Waals surface area contributed by atoms with Gasteiger partial charge < -0.3 is 15.5 Å². The minimum absolute atomic E-state index is 0.0354. The minimum atomic E-state index is -0.272. The number of carbonyl (C=O) groups excluding carboxylic acids is 2. The summed E-state index contributed by atoms with van der Waals surface area (Å²) in [6.45, 7) is 3.04. The van der Waals surface area contributed by atoms with Crippen molar-refractivity contribution in [2.45, 2.75) is 0 Å². The first kappa shape index (κ1) is 12.6. The molecule has 0 saturated carbocycles. The molecule has 2 amide bonds. The second-order valence-corrected chi connectivity index (χ2v) is 4.22. The van der Waals surface area contributed by atoms with Crippen LogP contribution in [0.3, 0.4) is 0 Å². The van der Waals surface area contributed by atoms with Gasteiger partial charge in [0.05, 0.1) is 18.3 Å². The molecule has 1 aromatic heterocycles. The van der Waals surface area contributed by atoms with Crippen LogP contribution in [0, 0.1) is 0 Å². The number of hydrogen-bond acceptors (Lipinski definition) is 4. The number of piperazine rings is 1. The van der Waals surface area contributed by atoms with Crippen molar-refractivity contribution >= 4 is 11.8 Å². The summed E-state index contributed by atoms with van der Waals surface area (Å²) in [6, 6.07) is 0. The molecule has 0 spiro atoms. The summed E-state index contributed by atoms with van der Waals surface area (Å²) in [7, 11) is 1.74. The summed E-state index contributed by atoms with van der Waals surface area (Å²) in [6.07, 6.45) is 3.09. The van der Waals surface area contributed by atoms with Gasteiger partial charge in [-0.1, -0.05) is 0 Å². The van der Waals surface area contributed by atoms with Crippen LogP contribution < -0.4 is 10.6 Å². The highest BCUT2D eigenvalue weighted by Gasteiger charge is 2.17. The molecule has 2 rings (SSSR count). The smallest absolute Gasteiger partial charge is 0.254 e. The molecule has 1 fully saturated rings. The summed E-state index contributed by atoms with van der Waals surface area (Å²) >= 11 is 0. The zero-order valence-electron chi connectivity index (χ0n) is 10.3. The third-order valence-corrected chi connectivity index (χ3v) is 2.84. The van der Waals surface area contributed by atoms with Gasteiger partial charge >= 0.3 is 0 Å². The fraction of sp³-hybridized carbons (Fsp3) is 0.545. The van der Waals surface area contributed by atoms with Crippen LogP contribution in [0.5, 0.6) is 0 Å². The third kappa shape index (κ3) is 3.07. The van der Waals surface area contributed by atoms with Crippen molar-refractivity contribution in [2.24, 2.45) is 7.05 Å². The Bertz CT molecular complexity index is 436. The average Bonchev–Trinajstić information content (AvgIpc) is 2.83. The molecule has 1 aliphatic heterocycles. The molecule has 98 valence electrons. The molecule has 7 nitrogen and oxygen atoms in total. The van der Waals surface area contributed by atoms with Crippen LogP contribution >= 0.6 is 0 Å². The van der Waals surface area contributed by atoms with E-state index in [4.69, 9.17) is 0 Å². The fourth-order valence-electron chi connectivity index (χ4n) is 1.82. The first-order valence-electron chi connectivity index (χ1n) is 5.92. The number of aromatic nitrogens is 2. The molecule has 1 saturated heterocycles. The van der Waals surface area contributed by atoms with Crippen molar-refractivity contribution in [3.8, 4) is 0 Å². The molecule has 0 unspecified atom stereocenters. The molecule has 0 aromatic carbocycles. The maximum Gasteiger partial charge on any atom is 0.254 e. The highest BCUT2D eigenvalue weighted by atomic mass is 16.2. The van der Waals surface area contributed by atoms with Crippen LogP contribution in [-0.4, -0.2) is 59.2 Å². The standard InChI is InChI=1S/C11H17N5O2/c1-15-8-9(6-14-15)11(18)13-7-10(17)16-4-2-12-3-5-16/h6,8,12H,2-5,7H2,1H3,(H,13,18). The molecular formula is C11H17N5O2. The van der Waals surface area contributed by atoms with Gasteiger partial charge in [-0.2, -0.15) is 5.10 Å². The van der Waals surface area contributed by atoms with Crippen LogP contribution in [0.15, 0.2) is 12.4 Å². The summed E-state index contributed by atoms with van der Waals surface area (Å²) in [5, 5.41) is 9.68. The van der Waals surface area contributed by atoms with Crippen molar-refractivity contribution in [3.05, 3.63) is 18.0 Å². The van der Waals surface area contributed by atoms with Gasteiger partial charge in [0.15, 0.2) is 0 Å². The van der Waals surface area contributed by atoms with Crippen LogP contribution in [0.4, 0.5) is 0 Å². The first-order valence-corrected chi connectivity index (χ1v) is 5.92. The Balaban J connectivity index is 1.80. The average molecular weight is 251 g/mol. The Hall–Kier alpha value is -1.89. The summed E-state index contributed by atoms with van der Waals surface area (Å²) < 4.78 is 1.55. The van der Waals surface area contributed by atoms with Crippen molar-refractivity contribution in [1.29, 1.82) is 0 Å². The van der Waals surface area contributed by atoms with E-state index in [1.165, 1.54) is 6.20 Å². The van der Waals surface area contributed by atoms with Gasteiger partial charge in [0.1, 0.15) is 0 Å². The largest absolute Gasteiger partial charge is 0.343 e. The zero-order chi connectivity index (χ0) is 13.0. The van der Waals surface area contributed by atoms with E-state index in [2.05, 4.69) is 15.7 Å². The van der Waals surface area contributed by atoms with Crippen LogP contribution in [0.2, 0.25) is 0 Å². The van der Waals surface area contributed by atoms with Crippen LogP contribution in [0.25, 0.3) is 0 Å². The number of hydrogen-bond donors (Lipinski definition) is 2. The molecule has 0 bridgehead atoms. The molecule has 1 aromatic rings. The Labute approximate surface area is 105 Å². The second kappa shape index (κ2) is 5.63. The van der Waals surface area contributed by atoms with Gasteiger partial charge in [0, 0.05) is 39.4 Å². The van der Waals surface area contributed by atoms with Gasteiger partial charge in [-0.25, -0.2) is 0 Å². The zero-order valence-corrected chi connectivity index (χ0v) is 10.3. The van der Waals surface area contributed by atoms with E-state index < -0.39 is 0 Å². The molecule has 2 heterocycles. The van der Waals surface area contributed by atoms with E-state index in [1.807, 2.05) is 0 Å². The SMILES string of the molecule is Cn1cc(C(=O)NCC(=O)N2CCNCC2)cn1. The second-order valence-electron chi connectivity index (χ2n) is 4.22. The number of nitrogens with zero attached hydrogens (tertiary/aromatic N) is 3.